The molecule has 0 radical (unpaired) electrons. The Balaban J connectivity index is 1.73. The van der Waals surface area contributed by atoms with Crippen molar-refractivity contribution in [3.05, 3.63) is 22.7 Å². The van der Waals surface area contributed by atoms with Crippen molar-refractivity contribution in [2.75, 3.05) is 6.61 Å². The van der Waals surface area contributed by atoms with E-state index in [-0.39, 0.29) is 0 Å². The SMILES string of the molecule is N#CC1([S+]([O-])c2ccc(OCC3CC3)c(Br)c2)CC1. The van der Waals surface area contributed by atoms with Gasteiger partial charge in [-0.2, -0.15) is 5.26 Å². The fraction of sp³-hybridized carbons (Fsp3) is 0.500. The maximum absolute atomic E-state index is 12.3. The summed E-state index contributed by atoms with van der Waals surface area (Å²) < 4.78 is 18.2. The Bertz CT molecular complexity index is 535. The molecule has 1 aromatic carbocycles. The van der Waals surface area contributed by atoms with Crippen LogP contribution in [0.5, 0.6) is 5.75 Å². The van der Waals surface area contributed by atoms with Crippen LogP contribution in [0.25, 0.3) is 0 Å². The largest absolute Gasteiger partial charge is 0.610 e. The Hall–Kier alpha value is -0.700. The third-order valence-corrected chi connectivity index (χ3v) is 6.06. The van der Waals surface area contributed by atoms with Crippen molar-refractivity contribution in [3.8, 4) is 11.8 Å². The molecular formula is C14H14BrNO2S. The lowest BCUT2D eigenvalue weighted by atomic mass is 10.3. The highest BCUT2D eigenvalue weighted by Crippen LogP contribution is 2.47. The van der Waals surface area contributed by atoms with Gasteiger partial charge in [-0.05, 0) is 46.8 Å². The minimum atomic E-state index is -1.25. The lowest BCUT2D eigenvalue weighted by Crippen LogP contribution is -2.21. The summed E-state index contributed by atoms with van der Waals surface area (Å²) in [6.07, 6.45) is 3.97. The van der Waals surface area contributed by atoms with Gasteiger partial charge in [0.05, 0.1) is 11.1 Å². The summed E-state index contributed by atoms with van der Waals surface area (Å²) >= 11 is 2.20. The molecule has 0 aliphatic heterocycles. The van der Waals surface area contributed by atoms with Crippen molar-refractivity contribution in [1.29, 1.82) is 5.26 Å². The van der Waals surface area contributed by atoms with Crippen LogP contribution in [0.1, 0.15) is 25.7 Å². The molecule has 19 heavy (non-hydrogen) atoms. The van der Waals surface area contributed by atoms with Gasteiger partial charge in [-0.15, -0.1) is 0 Å². The summed E-state index contributed by atoms with van der Waals surface area (Å²) in [5, 5.41) is 9.08. The van der Waals surface area contributed by atoms with Gasteiger partial charge in [-0.1, -0.05) is 0 Å². The van der Waals surface area contributed by atoms with Crippen molar-refractivity contribution in [3.63, 3.8) is 0 Å². The minimum absolute atomic E-state index is 0.643. The van der Waals surface area contributed by atoms with Gasteiger partial charge >= 0.3 is 0 Å². The molecule has 2 fully saturated rings. The molecule has 1 aromatic rings. The second kappa shape index (κ2) is 5.01. The van der Waals surface area contributed by atoms with E-state index in [1.54, 1.807) is 6.07 Å². The molecule has 0 aromatic heterocycles. The number of nitrogens with zero attached hydrogens (tertiary/aromatic N) is 1. The van der Waals surface area contributed by atoms with Crippen molar-refractivity contribution >= 4 is 27.1 Å². The summed E-state index contributed by atoms with van der Waals surface area (Å²) in [4.78, 5) is 0.699. The van der Waals surface area contributed by atoms with Crippen LogP contribution in [0.3, 0.4) is 0 Å². The van der Waals surface area contributed by atoms with Crippen LogP contribution in [-0.2, 0) is 11.2 Å². The fourth-order valence-corrected chi connectivity index (χ4v) is 3.95. The highest BCUT2D eigenvalue weighted by Gasteiger charge is 2.56. The number of hydrogen-bond acceptors (Lipinski definition) is 3. The van der Waals surface area contributed by atoms with Gasteiger partial charge in [0.2, 0.25) is 4.75 Å². The molecule has 5 heteroatoms. The van der Waals surface area contributed by atoms with Crippen LogP contribution >= 0.6 is 15.9 Å². The van der Waals surface area contributed by atoms with Crippen molar-refractivity contribution in [2.24, 2.45) is 5.92 Å². The third-order valence-electron chi connectivity index (χ3n) is 3.55. The molecular weight excluding hydrogens is 326 g/mol. The van der Waals surface area contributed by atoms with E-state index in [9.17, 15) is 4.55 Å². The van der Waals surface area contributed by atoms with E-state index in [0.29, 0.717) is 10.8 Å². The van der Waals surface area contributed by atoms with Gasteiger partial charge in [0.1, 0.15) is 11.8 Å². The van der Waals surface area contributed by atoms with Gasteiger partial charge in [-0.25, -0.2) is 0 Å². The fourth-order valence-electron chi connectivity index (χ4n) is 1.88. The molecule has 2 aliphatic carbocycles. The van der Waals surface area contributed by atoms with Gasteiger partial charge in [-0.3, -0.25) is 0 Å². The Kier molecular flexibility index (Phi) is 3.50. The molecule has 0 N–H and O–H groups in total. The molecule has 0 amide bonds. The van der Waals surface area contributed by atoms with Gasteiger partial charge in [0, 0.05) is 30.1 Å². The second-order valence-electron chi connectivity index (χ2n) is 5.22. The molecule has 3 rings (SSSR count). The number of nitriles is 1. The first-order valence-electron chi connectivity index (χ1n) is 6.40. The van der Waals surface area contributed by atoms with Crippen molar-refractivity contribution in [1.82, 2.24) is 0 Å². The Morgan fingerprint density at radius 2 is 2.21 bits per heavy atom. The van der Waals surface area contributed by atoms with E-state index in [1.165, 1.54) is 12.8 Å². The molecule has 2 saturated carbocycles. The summed E-state index contributed by atoms with van der Waals surface area (Å²) in [7, 11) is 0. The summed E-state index contributed by atoms with van der Waals surface area (Å²) in [6.45, 7) is 0.753. The van der Waals surface area contributed by atoms with Crippen LogP contribution in [0.4, 0.5) is 0 Å². The maximum atomic E-state index is 12.3. The van der Waals surface area contributed by atoms with Gasteiger partial charge in [0.25, 0.3) is 0 Å². The summed E-state index contributed by atoms with van der Waals surface area (Å²) in [5.74, 6) is 1.49. The van der Waals surface area contributed by atoms with E-state index in [4.69, 9.17) is 10.00 Å². The Morgan fingerprint density at radius 1 is 1.47 bits per heavy atom. The first-order valence-corrected chi connectivity index (χ1v) is 8.34. The topological polar surface area (TPSA) is 56.1 Å². The first-order chi connectivity index (χ1) is 9.14. The number of ether oxygens (including phenoxy) is 1. The molecule has 3 nitrogen and oxygen atoms in total. The monoisotopic (exact) mass is 339 g/mol. The zero-order valence-corrected chi connectivity index (χ0v) is 12.8. The predicted molar refractivity (Wildman–Crippen MR) is 76.3 cm³/mol. The third kappa shape index (κ3) is 2.76. The zero-order valence-electron chi connectivity index (χ0n) is 10.4. The molecule has 2 aliphatic rings. The van der Waals surface area contributed by atoms with E-state index in [0.717, 1.165) is 29.7 Å². The molecule has 0 saturated heterocycles. The van der Waals surface area contributed by atoms with Crippen LogP contribution in [0.2, 0.25) is 0 Å². The highest BCUT2D eigenvalue weighted by atomic mass is 79.9. The van der Waals surface area contributed by atoms with Gasteiger partial charge in [0.15, 0.2) is 4.90 Å². The molecule has 0 heterocycles. The maximum Gasteiger partial charge on any atom is 0.215 e. The summed E-state index contributed by atoms with van der Waals surface area (Å²) in [6, 6.07) is 7.65. The smallest absolute Gasteiger partial charge is 0.215 e. The van der Waals surface area contributed by atoms with E-state index in [1.807, 2.05) is 12.1 Å². The Morgan fingerprint density at radius 3 is 2.74 bits per heavy atom. The van der Waals surface area contributed by atoms with E-state index >= 15 is 0 Å². The minimum Gasteiger partial charge on any atom is -0.610 e. The molecule has 0 spiro atoms. The number of benzene rings is 1. The van der Waals surface area contributed by atoms with Crippen LogP contribution in [-0.4, -0.2) is 15.9 Å². The molecule has 1 atom stereocenters. The average Bonchev–Trinajstić information content (AvgIpc) is 3.29. The molecule has 1 unspecified atom stereocenters. The molecule has 0 bridgehead atoms. The molecule has 100 valence electrons. The quantitative estimate of drug-likeness (QED) is 0.772. The average molecular weight is 340 g/mol. The number of halogens is 1. The number of rotatable bonds is 5. The zero-order chi connectivity index (χ0) is 13.5. The van der Waals surface area contributed by atoms with Crippen molar-refractivity contribution < 1.29 is 9.29 Å². The predicted octanol–water partition coefficient (Wildman–Crippen LogP) is 3.40. The number of hydrogen-bond donors (Lipinski definition) is 0. The van der Waals surface area contributed by atoms with Crippen LogP contribution in [0, 0.1) is 17.2 Å². The second-order valence-corrected chi connectivity index (χ2v) is 7.87. The van der Waals surface area contributed by atoms with Gasteiger partial charge < -0.3 is 9.29 Å². The van der Waals surface area contributed by atoms with Crippen LogP contribution < -0.4 is 4.74 Å². The van der Waals surface area contributed by atoms with Crippen molar-refractivity contribution in [2.45, 2.75) is 35.3 Å². The lowest BCUT2D eigenvalue weighted by Gasteiger charge is -2.15. The normalized spacial score (nSPS) is 21.5. The van der Waals surface area contributed by atoms with E-state index < -0.39 is 15.9 Å². The highest BCUT2D eigenvalue weighted by molar-refractivity contribution is 9.10. The summed E-state index contributed by atoms with van der Waals surface area (Å²) in [5.41, 5.74) is 0. The lowest BCUT2D eigenvalue weighted by molar-refractivity contribution is 0.298. The Labute approximate surface area is 124 Å². The van der Waals surface area contributed by atoms with E-state index in [2.05, 4.69) is 22.0 Å². The van der Waals surface area contributed by atoms with Crippen LogP contribution in [0.15, 0.2) is 27.6 Å². The standard InChI is InChI=1S/C14H14BrNO2S/c15-12-7-11(19(17)14(9-16)5-6-14)3-4-13(12)18-8-10-1-2-10/h3-4,7,10H,1-2,5-6,8H2. The first kappa shape index (κ1) is 13.3.